The summed E-state index contributed by atoms with van der Waals surface area (Å²) < 4.78 is 1.68. The van der Waals surface area contributed by atoms with Crippen LogP contribution in [0.3, 0.4) is 0 Å². The van der Waals surface area contributed by atoms with Crippen LogP contribution in [0.4, 0.5) is 0 Å². The molecule has 0 spiro atoms. The van der Waals surface area contributed by atoms with Gasteiger partial charge in [0, 0.05) is 16.0 Å². The molecule has 0 saturated heterocycles. The van der Waals surface area contributed by atoms with Crippen LogP contribution in [0.1, 0.15) is 10.6 Å². The van der Waals surface area contributed by atoms with Gasteiger partial charge in [-0.1, -0.05) is 35.9 Å². The van der Waals surface area contributed by atoms with E-state index in [-0.39, 0.29) is 0 Å². The second-order valence-electron chi connectivity index (χ2n) is 5.65. The molecule has 130 valence electrons. The quantitative estimate of drug-likeness (QED) is 0.455. The van der Waals surface area contributed by atoms with Gasteiger partial charge in [-0.25, -0.2) is 14.6 Å². The molecule has 0 saturated carbocycles. The van der Waals surface area contributed by atoms with E-state index in [0.717, 1.165) is 22.5 Å². The lowest BCUT2D eigenvalue weighted by atomic mass is 10.1. The monoisotopic (exact) mass is 389 g/mol. The third-order valence-corrected chi connectivity index (χ3v) is 5.01. The summed E-state index contributed by atoms with van der Waals surface area (Å²) in [5.41, 5.74) is 4.14. The van der Waals surface area contributed by atoms with Gasteiger partial charge in [0.05, 0.1) is 17.0 Å². The lowest BCUT2D eigenvalue weighted by molar-refractivity contribution is 0.879. The zero-order chi connectivity index (χ0) is 18.6. The van der Waals surface area contributed by atoms with Crippen LogP contribution in [0.2, 0.25) is 5.02 Å². The molecule has 7 heteroatoms. The van der Waals surface area contributed by atoms with Crippen molar-refractivity contribution in [3.05, 3.63) is 82.2 Å². The summed E-state index contributed by atoms with van der Waals surface area (Å²) in [7, 11) is 0. The summed E-state index contributed by atoms with van der Waals surface area (Å²) >= 11 is 7.38. The fraction of sp³-hybridized carbons (Fsp3) is 0. The Bertz CT molecular complexity index is 1120. The molecule has 2 aromatic carbocycles. The Kier molecular flexibility index (Phi) is 4.79. The fourth-order valence-electron chi connectivity index (χ4n) is 2.52. The smallest absolute Gasteiger partial charge is 0.138 e. The van der Waals surface area contributed by atoms with Crippen molar-refractivity contribution in [2.75, 3.05) is 0 Å². The molecule has 0 radical (unpaired) electrons. The molecule has 0 aliphatic heterocycles. The highest BCUT2D eigenvalue weighted by molar-refractivity contribution is 7.11. The predicted octanol–water partition coefficient (Wildman–Crippen LogP) is 5.11. The Hall–Kier alpha value is -3.27. The van der Waals surface area contributed by atoms with Crippen molar-refractivity contribution < 1.29 is 0 Å². The van der Waals surface area contributed by atoms with E-state index in [1.54, 1.807) is 11.0 Å². The van der Waals surface area contributed by atoms with E-state index in [9.17, 15) is 5.26 Å². The van der Waals surface area contributed by atoms with Gasteiger partial charge in [0.15, 0.2) is 0 Å². The van der Waals surface area contributed by atoms with Crippen LogP contribution >= 0.6 is 22.9 Å². The minimum Gasteiger partial charge on any atom is -0.235 e. The highest BCUT2D eigenvalue weighted by Crippen LogP contribution is 2.28. The van der Waals surface area contributed by atoms with Gasteiger partial charge in [0.25, 0.3) is 0 Å². The maximum absolute atomic E-state index is 9.57. The van der Waals surface area contributed by atoms with Crippen LogP contribution in [0, 0.1) is 11.3 Å². The topological polar surface area (TPSA) is 67.4 Å². The summed E-state index contributed by atoms with van der Waals surface area (Å²) in [5, 5.41) is 17.0. The van der Waals surface area contributed by atoms with Crippen molar-refractivity contribution in [2.24, 2.45) is 0 Å². The molecular formula is C20H12ClN5S. The first-order valence-corrected chi connectivity index (χ1v) is 9.27. The Morgan fingerprint density at radius 2 is 1.89 bits per heavy atom. The normalized spacial score (nSPS) is 11.3. The van der Waals surface area contributed by atoms with E-state index in [1.807, 2.05) is 60.0 Å². The van der Waals surface area contributed by atoms with Gasteiger partial charge >= 0.3 is 0 Å². The molecule has 0 fully saturated rings. The molecule has 2 aromatic heterocycles. The average molecular weight is 390 g/mol. The molecular weight excluding hydrogens is 378 g/mol. The lowest BCUT2D eigenvalue weighted by Crippen LogP contribution is -1.93. The Morgan fingerprint density at radius 1 is 1.11 bits per heavy atom. The third-order valence-electron chi connectivity index (χ3n) is 3.88. The fourth-order valence-corrected chi connectivity index (χ4v) is 3.44. The average Bonchev–Trinajstić information content (AvgIpc) is 3.39. The molecule has 0 aliphatic rings. The van der Waals surface area contributed by atoms with Crippen molar-refractivity contribution >= 4 is 34.6 Å². The van der Waals surface area contributed by atoms with Crippen LogP contribution in [0.25, 0.3) is 28.6 Å². The molecule has 0 unspecified atom stereocenters. The van der Waals surface area contributed by atoms with Crippen molar-refractivity contribution in [3.63, 3.8) is 0 Å². The number of thiazole rings is 1. The number of allylic oxidation sites excluding steroid dienone is 1. The summed E-state index contributed by atoms with van der Waals surface area (Å²) in [6, 6.07) is 17.4. The SMILES string of the molecule is N#CC(=Cc1ccc(-n2cncn2)cc1)c1nc(-c2ccc(Cl)cc2)cs1. The van der Waals surface area contributed by atoms with Crippen LogP contribution in [0.5, 0.6) is 0 Å². The highest BCUT2D eigenvalue weighted by Gasteiger charge is 2.09. The van der Waals surface area contributed by atoms with E-state index in [0.29, 0.717) is 15.6 Å². The van der Waals surface area contributed by atoms with Crippen molar-refractivity contribution in [2.45, 2.75) is 0 Å². The molecule has 2 heterocycles. The minimum absolute atomic E-state index is 0.522. The molecule has 0 N–H and O–H groups in total. The number of hydrogen-bond donors (Lipinski definition) is 0. The van der Waals surface area contributed by atoms with Gasteiger partial charge in [-0.3, -0.25) is 0 Å². The summed E-state index contributed by atoms with van der Waals surface area (Å²) in [6.07, 6.45) is 4.96. The molecule has 4 aromatic rings. The Balaban J connectivity index is 1.60. The van der Waals surface area contributed by atoms with Gasteiger partial charge in [-0.2, -0.15) is 10.4 Å². The number of halogens is 1. The third kappa shape index (κ3) is 3.80. The largest absolute Gasteiger partial charge is 0.235 e. The highest BCUT2D eigenvalue weighted by atomic mass is 35.5. The van der Waals surface area contributed by atoms with E-state index in [4.69, 9.17) is 11.6 Å². The molecule has 4 rings (SSSR count). The van der Waals surface area contributed by atoms with E-state index in [2.05, 4.69) is 21.1 Å². The zero-order valence-corrected chi connectivity index (χ0v) is 15.5. The molecule has 0 bridgehead atoms. The molecule has 5 nitrogen and oxygen atoms in total. The first-order chi connectivity index (χ1) is 13.2. The Morgan fingerprint density at radius 3 is 2.56 bits per heavy atom. The maximum Gasteiger partial charge on any atom is 0.138 e. The number of benzene rings is 2. The number of rotatable bonds is 4. The van der Waals surface area contributed by atoms with E-state index < -0.39 is 0 Å². The van der Waals surface area contributed by atoms with E-state index >= 15 is 0 Å². The Labute approximate surface area is 164 Å². The standard InChI is InChI=1S/C20H12ClN5S/c21-17-5-3-15(4-6-17)19-11-27-20(25-19)16(10-22)9-14-1-7-18(8-2-14)26-13-23-12-24-26/h1-9,11-13H. The summed E-state index contributed by atoms with van der Waals surface area (Å²) in [5.74, 6) is 0. The van der Waals surface area contributed by atoms with Gasteiger partial charge in [-0.15, -0.1) is 11.3 Å². The summed E-state index contributed by atoms with van der Waals surface area (Å²) in [4.78, 5) is 8.53. The van der Waals surface area contributed by atoms with Gasteiger partial charge in [-0.05, 0) is 35.9 Å². The van der Waals surface area contributed by atoms with Crippen molar-refractivity contribution in [3.8, 4) is 23.0 Å². The molecule has 0 atom stereocenters. The van der Waals surface area contributed by atoms with Crippen LogP contribution in [0.15, 0.2) is 66.6 Å². The lowest BCUT2D eigenvalue weighted by Gasteiger charge is -2.01. The van der Waals surface area contributed by atoms with Crippen LogP contribution in [-0.4, -0.2) is 19.7 Å². The van der Waals surface area contributed by atoms with Gasteiger partial charge in [0.2, 0.25) is 0 Å². The first-order valence-electron chi connectivity index (χ1n) is 8.01. The predicted molar refractivity (Wildman–Crippen MR) is 107 cm³/mol. The number of aromatic nitrogens is 4. The molecule has 0 amide bonds. The van der Waals surface area contributed by atoms with E-state index in [1.165, 1.54) is 17.7 Å². The second kappa shape index (κ2) is 7.54. The van der Waals surface area contributed by atoms with Gasteiger partial charge in [0.1, 0.15) is 23.7 Å². The number of nitriles is 1. The molecule has 27 heavy (non-hydrogen) atoms. The first kappa shape index (κ1) is 17.2. The van der Waals surface area contributed by atoms with Crippen LogP contribution < -0.4 is 0 Å². The number of hydrogen-bond acceptors (Lipinski definition) is 5. The molecule has 0 aliphatic carbocycles. The zero-order valence-electron chi connectivity index (χ0n) is 14.0. The van der Waals surface area contributed by atoms with Crippen molar-refractivity contribution in [1.82, 2.24) is 19.7 Å². The number of nitrogens with zero attached hydrogens (tertiary/aromatic N) is 5. The maximum atomic E-state index is 9.57. The van der Waals surface area contributed by atoms with Gasteiger partial charge < -0.3 is 0 Å². The van der Waals surface area contributed by atoms with Crippen LogP contribution in [-0.2, 0) is 0 Å². The summed E-state index contributed by atoms with van der Waals surface area (Å²) in [6.45, 7) is 0. The second-order valence-corrected chi connectivity index (χ2v) is 6.94. The minimum atomic E-state index is 0.522. The van der Waals surface area contributed by atoms with Crippen molar-refractivity contribution in [1.29, 1.82) is 5.26 Å².